The van der Waals surface area contributed by atoms with E-state index in [0.29, 0.717) is 31.1 Å². The largest absolute Gasteiger partial charge is 0.449 e. The van der Waals surface area contributed by atoms with Gasteiger partial charge in [-0.15, -0.1) is 0 Å². The van der Waals surface area contributed by atoms with Gasteiger partial charge in [0.25, 0.3) is 5.91 Å². The van der Waals surface area contributed by atoms with Gasteiger partial charge < -0.3 is 15.8 Å². The zero-order chi connectivity index (χ0) is 25.8. The van der Waals surface area contributed by atoms with Crippen LogP contribution in [-0.2, 0) is 17.8 Å². The molecule has 0 spiro atoms. The van der Waals surface area contributed by atoms with Crippen LogP contribution >= 0.6 is 0 Å². The number of benzene rings is 2. The number of anilines is 2. The average Bonchev–Trinajstić information content (AvgIpc) is 3.33. The monoisotopic (exact) mass is 486 g/mol. The van der Waals surface area contributed by atoms with Crippen molar-refractivity contribution in [3.05, 3.63) is 82.8 Å². The third-order valence-electron chi connectivity index (χ3n) is 6.25. The Morgan fingerprint density at radius 3 is 2.61 bits per heavy atom. The third kappa shape index (κ3) is 5.14. The molecular weight excluding hydrogens is 456 g/mol. The highest BCUT2D eigenvalue weighted by Gasteiger charge is 2.14. The number of carbonyl (C=O) groups is 2. The number of fused-ring (bicyclic) bond motifs is 1. The molecule has 2 aromatic carbocycles. The quantitative estimate of drug-likeness (QED) is 0.405. The number of carbonyl (C=O) groups excluding carboxylic acids is 2. The molecule has 0 saturated heterocycles. The van der Waals surface area contributed by atoms with E-state index in [1.807, 2.05) is 50.2 Å². The fourth-order valence-corrected chi connectivity index (χ4v) is 4.18. The van der Waals surface area contributed by atoms with Crippen LogP contribution in [0.15, 0.2) is 55.0 Å². The molecule has 0 saturated carbocycles. The van der Waals surface area contributed by atoms with Crippen LogP contribution < -0.4 is 16.0 Å². The number of amides is 2. The number of nitrogens with zero attached hydrogens (tertiary/aromatic N) is 4. The van der Waals surface area contributed by atoms with Crippen molar-refractivity contribution in [2.45, 2.75) is 33.9 Å². The number of rotatable bonds is 7. The Kier molecular flexibility index (Phi) is 7.19. The summed E-state index contributed by atoms with van der Waals surface area (Å²) in [4.78, 5) is 30.3. The van der Waals surface area contributed by atoms with Crippen LogP contribution in [0.4, 0.5) is 16.3 Å². The first-order chi connectivity index (χ1) is 17.3. The van der Waals surface area contributed by atoms with Gasteiger partial charge in [0.05, 0.1) is 24.9 Å². The Morgan fingerprint density at radius 1 is 1.14 bits per heavy atom. The molecule has 0 aliphatic carbocycles. The van der Waals surface area contributed by atoms with Crippen LogP contribution in [0.3, 0.4) is 0 Å². The summed E-state index contributed by atoms with van der Waals surface area (Å²) < 4.78 is 6.73. The molecule has 0 unspecified atom stereocenters. The number of nitrogen functional groups attached to an aromatic ring is 1. The van der Waals surface area contributed by atoms with Gasteiger partial charge in [-0.25, -0.2) is 9.78 Å². The smallest absolute Gasteiger partial charge is 0.413 e. The molecule has 9 heteroatoms. The van der Waals surface area contributed by atoms with E-state index in [0.717, 1.165) is 38.7 Å². The second-order valence-corrected chi connectivity index (χ2v) is 8.62. The highest BCUT2D eigenvalue weighted by molar-refractivity contribution is 5.95. The number of ether oxygens (including phenoxy) is 1. The van der Waals surface area contributed by atoms with Crippen molar-refractivity contribution in [2.75, 3.05) is 24.3 Å². The first-order valence-corrected chi connectivity index (χ1v) is 11.7. The normalized spacial score (nSPS) is 10.9. The van der Waals surface area contributed by atoms with Gasteiger partial charge >= 0.3 is 6.09 Å². The maximum Gasteiger partial charge on any atom is 0.413 e. The SMILES string of the molecule is CCOC(=O)N(C)c1ccc(Cn2cc(C(=O)NCc3c(C)cc4c(N)nccc4c3C)cn2)cc1. The number of aryl methyl sites for hydroxylation is 2. The summed E-state index contributed by atoms with van der Waals surface area (Å²) in [5.41, 5.74) is 11.4. The Labute approximate surface area is 209 Å². The van der Waals surface area contributed by atoms with Gasteiger partial charge in [0.2, 0.25) is 0 Å². The van der Waals surface area contributed by atoms with Crippen LogP contribution in [-0.4, -0.2) is 40.4 Å². The Hall–Kier alpha value is -4.40. The molecule has 0 aliphatic heterocycles. The van der Waals surface area contributed by atoms with Crippen LogP contribution in [0.1, 0.15) is 39.5 Å². The lowest BCUT2D eigenvalue weighted by molar-refractivity contribution is 0.0950. The first kappa shape index (κ1) is 24.7. The van der Waals surface area contributed by atoms with E-state index in [1.54, 1.807) is 37.2 Å². The summed E-state index contributed by atoms with van der Waals surface area (Å²) in [6.45, 7) is 7.03. The lowest BCUT2D eigenvalue weighted by Gasteiger charge is -2.16. The zero-order valence-electron chi connectivity index (χ0n) is 20.9. The minimum Gasteiger partial charge on any atom is -0.449 e. The van der Waals surface area contributed by atoms with E-state index >= 15 is 0 Å². The van der Waals surface area contributed by atoms with E-state index in [1.165, 1.54) is 4.90 Å². The number of aromatic nitrogens is 3. The van der Waals surface area contributed by atoms with Crippen LogP contribution in [0.25, 0.3) is 10.8 Å². The number of hydrogen-bond acceptors (Lipinski definition) is 6. The van der Waals surface area contributed by atoms with Crippen LogP contribution in [0.2, 0.25) is 0 Å². The molecule has 0 fully saturated rings. The first-order valence-electron chi connectivity index (χ1n) is 11.7. The highest BCUT2D eigenvalue weighted by Crippen LogP contribution is 2.28. The maximum atomic E-state index is 12.8. The molecule has 36 heavy (non-hydrogen) atoms. The minimum atomic E-state index is -0.400. The van der Waals surface area contributed by atoms with Gasteiger partial charge in [-0.2, -0.15) is 5.10 Å². The second-order valence-electron chi connectivity index (χ2n) is 8.62. The van der Waals surface area contributed by atoms with E-state index < -0.39 is 6.09 Å². The molecule has 0 bridgehead atoms. The van der Waals surface area contributed by atoms with Crippen molar-refractivity contribution < 1.29 is 14.3 Å². The number of pyridine rings is 1. The molecule has 0 radical (unpaired) electrons. The zero-order valence-corrected chi connectivity index (χ0v) is 20.9. The van der Waals surface area contributed by atoms with Gasteiger partial charge in [-0.3, -0.25) is 14.4 Å². The Bertz CT molecular complexity index is 1410. The molecule has 3 N–H and O–H groups in total. The van der Waals surface area contributed by atoms with E-state index in [-0.39, 0.29) is 5.91 Å². The fourth-order valence-electron chi connectivity index (χ4n) is 4.18. The van der Waals surface area contributed by atoms with Crippen molar-refractivity contribution in [2.24, 2.45) is 0 Å². The van der Waals surface area contributed by atoms with Gasteiger partial charge in [0, 0.05) is 37.1 Å². The summed E-state index contributed by atoms with van der Waals surface area (Å²) in [5, 5.41) is 9.29. The number of hydrogen-bond donors (Lipinski definition) is 2. The van der Waals surface area contributed by atoms with Crippen molar-refractivity contribution in [1.29, 1.82) is 0 Å². The van der Waals surface area contributed by atoms with Crippen molar-refractivity contribution in [3.8, 4) is 0 Å². The number of nitrogens with two attached hydrogens (primary N) is 1. The minimum absolute atomic E-state index is 0.194. The molecule has 4 aromatic rings. The van der Waals surface area contributed by atoms with Gasteiger partial charge in [0.15, 0.2) is 0 Å². The lowest BCUT2D eigenvalue weighted by Crippen LogP contribution is -2.26. The molecule has 2 heterocycles. The average molecular weight is 487 g/mol. The second kappa shape index (κ2) is 10.5. The molecule has 4 rings (SSSR count). The molecule has 0 atom stereocenters. The summed E-state index contributed by atoms with van der Waals surface area (Å²) in [6.07, 6.45) is 4.58. The molecule has 0 aliphatic rings. The maximum absolute atomic E-state index is 12.8. The van der Waals surface area contributed by atoms with Gasteiger partial charge in [-0.05, 0) is 72.7 Å². The predicted octanol–water partition coefficient (Wildman–Crippen LogP) is 4.20. The molecule has 2 aromatic heterocycles. The molecule has 186 valence electrons. The van der Waals surface area contributed by atoms with Gasteiger partial charge in [0.1, 0.15) is 5.82 Å². The lowest BCUT2D eigenvalue weighted by atomic mass is 9.96. The molecular formula is C27H30N6O3. The highest BCUT2D eigenvalue weighted by atomic mass is 16.6. The van der Waals surface area contributed by atoms with Crippen molar-refractivity contribution >= 4 is 34.3 Å². The van der Waals surface area contributed by atoms with Crippen LogP contribution in [0.5, 0.6) is 0 Å². The van der Waals surface area contributed by atoms with Crippen LogP contribution in [0, 0.1) is 13.8 Å². The van der Waals surface area contributed by atoms with Crippen molar-refractivity contribution in [1.82, 2.24) is 20.1 Å². The van der Waals surface area contributed by atoms with Gasteiger partial charge in [-0.1, -0.05) is 12.1 Å². The predicted molar refractivity (Wildman–Crippen MR) is 140 cm³/mol. The van der Waals surface area contributed by atoms with Crippen molar-refractivity contribution in [3.63, 3.8) is 0 Å². The number of nitrogens with one attached hydrogen (secondary N) is 1. The molecule has 2 amide bonds. The standard InChI is InChI=1S/C27H30N6O3/c1-5-36-27(35)32(4)21-8-6-19(7-9-21)15-33-16-20(13-31-33)26(34)30-14-24-17(2)12-23-22(18(24)3)10-11-29-25(23)28/h6-13,16H,5,14-15H2,1-4H3,(H2,28,29)(H,30,34). The fraction of sp³-hybridized carbons (Fsp3) is 0.259. The summed E-state index contributed by atoms with van der Waals surface area (Å²) in [5.74, 6) is 0.308. The Balaban J connectivity index is 1.40. The Morgan fingerprint density at radius 2 is 1.89 bits per heavy atom. The summed E-state index contributed by atoms with van der Waals surface area (Å²) in [7, 11) is 1.67. The summed E-state index contributed by atoms with van der Waals surface area (Å²) >= 11 is 0. The third-order valence-corrected chi connectivity index (χ3v) is 6.25. The van der Waals surface area contributed by atoms with E-state index in [4.69, 9.17) is 10.5 Å². The van der Waals surface area contributed by atoms with E-state index in [9.17, 15) is 9.59 Å². The summed E-state index contributed by atoms with van der Waals surface area (Å²) in [6, 6.07) is 11.5. The topological polar surface area (TPSA) is 115 Å². The van der Waals surface area contributed by atoms with E-state index in [2.05, 4.69) is 15.4 Å². The molecule has 9 nitrogen and oxygen atoms in total.